The van der Waals surface area contributed by atoms with Crippen LogP contribution >= 0.6 is 0 Å². The third-order valence-electron chi connectivity index (χ3n) is 4.45. The first-order valence-corrected chi connectivity index (χ1v) is 8.54. The molecular formula is C20H15F2N3O3. The van der Waals surface area contributed by atoms with Gasteiger partial charge < -0.3 is 15.4 Å². The molecule has 2 N–H and O–H groups in total. The Labute approximate surface area is 158 Å². The van der Waals surface area contributed by atoms with Crippen LogP contribution in [-0.2, 0) is 4.79 Å². The molecule has 1 aliphatic rings. The Hall–Kier alpha value is -3.55. The number of fused-ring (bicyclic) bond motifs is 2. The lowest BCUT2D eigenvalue weighted by molar-refractivity contribution is -0.116. The highest BCUT2D eigenvalue weighted by Crippen LogP contribution is 2.30. The van der Waals surface area contributed by atoms with E-state index in [2.05, 4.69) is 20.4 Å². The number of carbonyl (C=O) groups is 2. The average molecular weight is 383 g/mol. The number of carbonyl (C=O) groups excluding carboxylic acids is 2. The van der Waals surface area contributed by atoms with Crippen LogP contribution in [0.2, 0.25) is 0 Å². The lowest BCUT2D eigenvalue weighted by atomic mass is 9.97. The molecule has 2 aromatic carbocycles. The average Bonchev–Trinajstić information content (AvgIpc) is 2.67. The molecule has 0 saturated carbocycles. The second kappa shape index (κ2) is 7.22. The molecule has 2 heterocycles. The van der Waals surface area contributed by atoms with Gasteiger partial charge in [0.2, 0.25) is 5.91 Å². The maximum Gasteiger partial charge on any atom is 0.387 e. The van der Waals surface area contributed by atoms with Gasteiger partial charge in [-0.2, -0.15) is 8.78 Å². The zero-order valence-electron chi connectivity index (χ0n) is 14.5. The number of hydrogen-bond donors (Lipinski definition) is 2. The molecule has 0 radical (unpaired) electrons. The highest BCUT2D eigenvalue weighted by Gasteiger charge is 2.26. The summed E-state index contributed by atoms with van der Waals surface area (Å²) in [6.45, 7) is -2.92. The Morgan fingerprint density at radius 3 is 2.86 bits per heavy atom. The van der Waals surface area contributed by atoms with Crippen LogP contribution in [0.3, 0.4) is 0 Å². The minimum Gasteiger partial charge on any atom is -0.435 e. The van der Waals surface area contributed by atoms with Gasteiger partial charge in [-0.3, -0.25) is 14.6 Å². The first-order valence-electron chi connectivity index (χ1n) is 8.54. The SMILES string of the molecule is O=C1CC(NC(=O)c2cnc3cc(OC(F)F)ccc3c2)c2ccccc2N1. The normalized spacial score (nSPS) is 15.8. The summed E-state index contributed by atoms with van der Waals surface area (Å²) in [6.07, 6.45) is 1.50. The van der Waals surface area contributed by atoms with Gasteiger partial charge in [-0.15, -0.1) is 0 Å². The molecule has 0 bridgehead atoms. The van der Waals surface area contributed by atoms with Gasteiger partial charge >= 0.3 is 6.61 Å². The summed E-state index contributed by atoms with van der Waals surface area (Å²) in [4.78, 5) is 28.7. The van der Waals surface area contributed by atoms with Crippen LogP contribution in [-0.4, -0.2) is 23.4 Å². The van der Waals surface area contributed by atoms with Crippen LogP contribution in [0.4, 0.5) is 14.5 Å². The van der Waals surface area contributed by atoms with Gasteiger partial charge in [0.05, 0.1) is 23.5 Å². The third-order valence-corrected chi connectivity index (χ3v) is 4.45. The highest BCUT2D eigenvalue weighted by molar-refractivity contribution is 5.99. The van der Waals surface area contributed by atoms with E-state index in [-0.39, 0.29) is 24.0 Å². The number of amides is 2. The van der Waals surface area contributed by atoms with Gasteiger partial charge in [0.1, 0.15) is 5.75 Å². The summed E-state index contributed by atoms with van der Waals surface area (Å²) >= 11 is 0. The van der Waals surface area contributed by atoms with Crippen LogP contribution < -0.4 is 15.4 Å². The fourth-order valence-corrected chi connectivity index (χ4v) is 3.18. The van der Waals surface area contributed by atoms with Crippen molar-refractivity contribution in [2.24, 2.45) is 0 Å². The van der Waals surface area contributed by atoms with Crippen LogP contribution in [0, 0.1) is 0 Å². The summed E-state index contributed by atoms with van der Waals surface area (Å²) in [5.41, 5.74) is 2.24. The first kappa shape index (κ1) is 17.8. The van der Waals surface area contributed by atoms with Gasteiger partial charge in [0.25, 0.3) is 5.91 Å². The summed E-state index contributed by atoms with van der Waals surface area (Å²) in [5.74, 6) is -0.555. The molecular weight excluding hydrogens is 368 g/mol. The predicted octanol–water partition coefficient (Wildman–Crippen LogP) is 3.65. The van der Waals surface area contributed by atoms with Crippen molar-refractivity contribution in [3.63, 3.8) is 0 Å². The lowest BCUT2D eigenvalue weighted by Gasteiger charge is -2.26. The molecule has 0 fully saturated rings. The van der Waals surface area contributed by atoms with Crippen molar-refractivity contribution in [1.29, 1.82) is 0 Å². The van der Waals surface area contributed by atoms with Crippen molar-refractivity contribution >= 4 is 28.4 Å². The number of anilines is 1. The summed E-state index contributed by atoms with van der Waals surface area (Å²) in [5, 5.41) is 6.25. The largest absolute Gasteiger partial charge is 0.435 e. The molecule has 0 saturated heterocycles. The van der Waals surface area contributed by atoms with Gasteiger partial charge in [0.15, 0.2) is 0 Å². The van der Waals surface area contributed by atoms with Crippen molar-refractivity contribution < 1.29 is 23.1 Å². The lowest BCUT2D eigenvalue weighted by Crippen LogP contribution is -2.35. The number of benzene rings is 2. The van der Waals surface area contributed by atoms with Crippen molar-refractivity contribution in [3.05, 3.63) is 65.9 Å². The van der Waals surface area contributed by atoms with E-state index >= 15 is 0 Å². The fraction of sp³-hybridized carbons (Fsp3) is 0.150. The Balaban J connectivity index is 1.57. The first-order chi connectivity index (χ1) is 13.5. The number of pyridine rings is 1. The number of nitrogens with zero attached hydrogens (tertiary/aromatic N) is 1. The number of aromatic nitrogens is 1. The van der Waals surface area contributed by atoms with Crippen LogP contribution in [0.1, 0.15) is 28.4 Å². The molecule has 142 valence electrons. The monoisotopic (exact) mass is 383 g/mol. The van der Waals surface area contributed by atoms with E-state index in [9.17, 15) is 18.4 Å². The molecule has 1 aromatic heterocycles. The second-order valence-electron chi connectivity index (χ2n) is 6.32. The quantitative estimate of drug-likeness (QED) is 0.721. The van der Waals surface area contributed by atoms with Crippen LogP contribution in [0.5, 0.6) is 5.75 Å². The van der Waals surface area contributed by atoms with E-state index in [0.717, 1.165) is 5.56 Å². The fourth-order valence-electron chi connectivity index (χ4n) is 3.18. The molecule has 2 amide bonds. The number of para-hydroxylation sites is 1. The Morgan fingerprint density at radius 2 is 2.04 bits per heavy atom. The summed E-state index contributed by atoms with van der Waals surface area (Å²) < 4.78 is 29.0. The molecule has 1 atom stereocenters. The number of alkyl halides is 2. The van der Waals surface area contributed by atoms with E-state index in [4.69, 9.17) is 0 Å². The summed E-state index contributed by atoms with van der Waals surface area (Å²) in [6, 6.07) is 12.8. The number of halogens is 2. The van der Waals surface area contributed by atoms with Crippen LogP contribution in [0.15, 0.2) is 54.7 Å². The highest BCUT2D eigenvalue weighted by atomic mass is 19.3. The third kappa shape index (κ3) is 3.62. The molecule has 8 heteroatoms. The number of hydrogen-bond acceptors (Lipinski definition) is 4. The van der Waals surface area contributed by atoms with E-state index in [0.29, 0.717) is 22.2 Å². The Morgan fingerprint density at radius 1 is 1.21 bits per heavy atom. The van der Waals surface area contributed by atoms with E-state index < -0.39 is 12.7 Å². The molecule has 3 aromatic rings. The molecule has 4 rings (SSSR count). The van der Waals surface area contributed by atoms with Crippen molar-refractivity contribution in [2.45, 2.75) is 19.1 Å². The molecule has 1 aliphatic heterocycles. The zero-order valence-corrected chi connectivity index (χ0v) is 14.5. The zero-order chi connectivity index (χ0) is 19.7. The van der Waals surface area contributed by atoms with E-state index in [1.54, 1.807) is 18.2 Å². The molecule has 28 heavy (non-hydrogen) atoms. The van der Waals surface area contributed by atoms with E-state index in [1.807, 2.05) is 18.2 Å². The second-order valence-corrected chi connectivity index (χ2v) is 6.32. The minimum absolute atomic E-state index is 0.00275. The van der Waals surface area contributed by atoms with Crippen molar-refractivity contribution in [3.8, 4) is 5.75 Å². The summed E-state index contributed by atoms with van der Waals surface area (Å²) in [7, 11) is 0. The maximum atomic E-state index is 12.7. The van der Waals surface area contributed by atoms with Gasteiger partial charge in [-0.05, 0) is 29.8 Å². The van der Waals surface area contributed by atoms with Gasteiger partial charge in [0, 0.05) is 23.3 Å². The number of ether oxygens (including phenoxy) is 1. The minimum atomic E-state index is -2.92. The topological polar surface area (TPSA) is 80.3 Å². The number of nitrogens with one attached hydrogen (secondary N) is 2. The molecule has 0 aliphatic carbocycles. The molecule has 1 unspecified atom stereocenters. The van der Waals surface area contributed by atoms with Gasteiger partial charge in [-0.25, -0.2) is 0 Å². The van der Waals surface area contributed by atoms with Gasteiger partial charge in [-0.1, -0.05) is 18.2 Å². The predicted molar refractivity (Wildman–Crippen MR) is 98.3 cm³/mol. The Bertz CT molecular complexity index is 1070. The van der Waals surface area contributed by atoms with Crippen LogP contribution in [0.25, 0.3) is 10.9 Å². The van der Waals surface area contributed by atoms with Crippen molar-refractivity contribution in [2.75, 3.05) is 5.32 Å². The van der Waals surface area contributed by atoms with Crippen molar-refractivity contribution in [1.82, 2.24) is 10.3 Å². The smallest absolute Gasteiger partial charge is 0.387 e. The standard InChI is InChI=1S/C20H15F2N3O3/c21-20(22)28-13-6-5-11-7-12(10-23-16(11)8-13)19(27)25-17-9-18(26)24-15-4-2-1-3-14(15)17/h1-8,10,17,20H,9H2,(H,24,26)(H,25,27). The van der Waals surface area contributed by atoms with E-state index in [1.165, 1.54) is 18.3 Å². The molecule has 6 nitrogen and oxygen atoms in total. The molecule has 0 spiro atoms. The maximum absolute atomic E-state index is 12.7. The number of rotatable bonds is 4. The Kier molecular flexibility index (Phi) is 4.60.